The maximum absolute atomic E-state index is 5.75. The van der Waals surface area contributed by atoms with Crippen LogP contribution in [0.3, 0.4) is 0 Å². The minimum absolute atomic E-state index is 0. The summed E-state index contributed by atoms with van der Waals surface area (Å²) in [6, 6.07) is 3.74. The molecule has 72 valence electrons. The zero-order valence-electron chi connectivity index (χ0n) is 9.19. The van der Waals surface area contributed by atoms with Gasteiger partial charge in [0.05, 0.1) is 6.26 Å². The van der Waals surface area contributed by atoms with Crippen molar-refractivity contribution in [3.05, 3.63) is 18.4 Å². The molecule has 1 aliphatic heterocycles. The van der Waals surface area contributed by atoms with Crippen molar-refractivity contribution >= 4 is 12.2 Å². The fourth-order valence-electron chi connectivity index (χ4n) is 1.80. The second kappa shape index (κ2) is 4.16. The summed E-state index contributed by atoms with van der Waals surface area (Å²) in [5.74, 6) is 0. The monoisotopic (exact) mass is 188 g/mol. The molecule has 2 rings (SSSR count). The Bertz CT molecular complexity index is 278. The molecule has 0 N–H and O–H groups in total. The van der Waals surface area contributed by atoms with Crippen molar-refractivity contribution in [3.8, 4) is 0 Å². The summed E-state index contributed by atoms with van der Waals surface area (Å²) in [5.41, 5.74) is 0.788. The first-order valence-corrected chi connectivity index (χ1v) is 4.69. The van der Waals surface area contributed by atoms with Crippen LogP contribution in [0.5, 0.6) is 0 Å². The van der Waals surface area contributed by atoms with Gasteiger partial charge in [0.15, 0.2) is 0 Å². The van der Waals surface area contributed by atoms with E-state index in [9.17, 15) is 0 Å². The number of hydrogen-bond donors (Lipinski definition) is 0. The van der Waals surface area contributed by atoms with Gasteiger partial charge in [-0.25, -0.2) is 0 Å². The third-order valence-electron chi connectivity index (χ3n) is 2.67. The molecule has 0 radical (unpaired) electrons. The molecule has 1 aromatic rings. The molecule has 0 aliphatic carbocycles. The molecule has 2 atom stereocenters. The Labute approximate surface area is 96.3 Å². The Morgan fingerprint density at radius 1 is 1.21 bits per heavy atom. The van der Waals surface area contributed by atoms with E-state index < -0.39 is 6.55 Å². The third-order valence-corrected chi connectivity index (χ3v) is 2.67. The van der Waals surface area contributed by atoms with E-state index in [1.54, 1.807) is 6.26 Å². The summed E-state index contributed by atoms with van der Waals surface area (Å²) in [6.45, 7) is 4.59. The van der Waals surface area contributed by atoms with E-state index in [1.165, 1.54) is 0 Å². The minimum atomic E-state index is -1.38. The van der Waals surface area contributed by atoms with E-state index in [0.717, 1.165) is 5.66 Å². The van der Waals surface area contributed by atoms with Crippen molar-refractivity contribution in [1.29, 1.82) is 0 Å². The number of furan rings is 1. The second-order valence-corrected chi connectivity index (χ2v) is 3.79. The molecule has 1 saturated heterocycles. The van der Waals surface area contributed by atoms with Crippen LogP contribution < -0.4 is 24.5 Å². The summed E-state index contributed by atoms with van der Waals surface area (Å²) in [4.78, 5) is 0. The molecule has 2 unspecified atom stereocenters. The molecule has 0 amide bonds. The van der Waals surface area contributed by atoms with Crippen LogP contribution in [0.15, 0.2) is 22.8 Å². The van der Waals surface area contributed by atoms with Crippen molar-refractivity contribution in [2.45, 2.75) is 32.9 Å². The standard InChI is InChI=1S/C9H14BO3.Li/c1-7-8(2)13-10(3,12-7)9-5-4-6-11-9;/h4-8H,1-3H3;/q-1;+1. The van der Waals surface area contributed by atoms with Crippen molar-refractivity contribution in [2.75, 3.05) is 0 Å². The predicted octanol–water partition coefficient (Wildman–Crippen LogP) is -1.61. The first-order chi connectivity index (χ1) is 6.12. The Balaban J connectivity index is 0.000000980. The molecule has 0 bridgehead atoms. The van der Waals surface area contributed by atoms with E-state index in [-0.39, 0.29) is 31.1 Å². The molecule has 3 nitrogen and oxygen atoms in total. The molecule has 1 aromatic heterocycles. The summed E-state index contributed by atoms with van der Waals surface area (Å²) < 4.78 is 16.8. The molecule has 1 aliphatic rings. The zero-order chi connectivity index (χ0) is 9.47. The van der Waals surface area contributed by atoms with E-state index >= 15 is 0 Å². The van der Waals surface area contributed by atoms with Crippen molar-refractivity contribution in [1.82, 2.24) is 0 Å². The van der Waals surface area contributed by atoms with Crippen molar-refractivity contribution in [2.24, 2.45) is 0 Å². The molecular weight excluding hydrogens is 174 g/mol. The average molecular weight is 188 g/mol. The van der Waals surface area contributed by atoms with Crippen LogP contribution in [-0.4, -0.2) is 18.8 Å². The fourth-order valence-corrected chi connectivity index (χ4v) is 1.80. The summed E-state index contributed by atoms with van der Waals surface area (Å²) in [5, 5.41) is 0. The Hall–Kier alpha value is -0.138. The maximum atomic E-state index is 5.75. The van der Waals surface area contributed by atoms with Gasteiger partial charge < -0.3 is 13.7 Å². The third kappa shape index (κ3) is 1.94. The van der Waals surface area contributed by atoms with Gasteiger partial charge in [-0.1, -0.05) is 6.07 Å². The van der Waals surface area contributed by atoms with Gasteiger partial charge in [-0.2, -0.15) is 0 Å². The van der Waals surface area contributed by atoms with Crippen LogP contribution in [0.4, 0.5) is 0 Å². The quantitative estimate of drug-likeness (QED) is 0.496. The molecule has 14 heavy (non-hydrogen) atoms. The normalized spacial score (nSPS) is 36.8. The molecule has 2 heterocycles. The van der Waals surface area contributed by atoms with Gasteiger partial charge in [-0.15, -0.1) is 6.82 Å². The molecule has 0 spiro atoms. The van der Waals surface area contributed by atoms with E-state index in [1.807, 2.05) is 32.8 Å². The number of hydrogen-bond acceptors (Lipinski definition) is 3. The Morgan fingerprint density at radius 2 is 1.79 bits per heavy atom. The summed E-state index contributed by atoms with van der Waals surface area (Å²) in [7, 11) is 0. The van der Waals surface area contributed by atoms with Gasteiger partial charge in [0.2, 0.25) is 0 Å². The van der Waals surface area contributed by atoms with Crippen LogP contribution in [0.2, 0.25) is 6.82 Å². The second-order valence-electron chi connectivity index (χ2n) is 3.79. The van der Waals surface area contributed by atoms with Crippen LogP contribution in [0, 0.1) is 0 Å². The summed E-state index contributed by atoms with van der Waals surface area (Å²) >= 11 is 0. The van der Waals surface area contributed by atoms with Gasteiger partial charge in [-0.3, -0.25) is 0 Å². The van der Waals surface area contributed by atoms with Crippen LogP contribution in [0.25, 0.3) is 0 Å². The Morgan fingerprint density at radius 3 is 2.21 bits per heavy atom. The fraction of sp³-hybridized carbons (Fsp3) is 0.556. The first kappa shape index (κ1) is 11.9. The maximum Gasteiger partial charge on any atom is 1.00 e. The summed E-state index contributed by atoms with van der Waals surface area (Å²) in [6.07, 6.45) is 1.91. The van der Waals surface area contributed by atoms with Gasteiger partial charge in [0.25, 0.3) is 0 Å². The minimum Gasteiger partial charge on any atom is -0.559 e. The van der Waals surface area contributed by atoms with Crippen molar-refractivity contribution in [3.63, 3.8) is 0 Å². The van der Waals surface area contributed by atoms with Crippen molar-refractivity contribution < 1.29 is 32.6 Å². The van der Waals surface area contributed by atoms with E-state index in [4.69, 9.17) is 13.7 Å². The van der Waals surface area contributed by atoms with Crippen LogP contribution in [-0.2, 0) is 9.31 Å². The van der Waals surface area contributed by atoms with Gasteiger partial charge >= 0.3 is 25.4 Å². The predicted molar refractivity (Wildman–Crippen MR) is 51.1 cm³/mol. The molecule has 1 fully saturated rings. The van der Waals surface area contributed by atoms with Gasteiger partial charge in [-0.05, 0) is 19.9 Å². The van der Waals surface area contributed by atoms with E-state index in [0.29, 0.717) is 0 Å². The average Bonchev–Trinajstić information content (AvgIpc) is 2.61. The van der Waals surface area contributed by atoms with Gasteiger partial charge in [0.1, 0.15) is 0 Å². The Kier molecular flexibility index (Phi) is 3.54. The smallest absolute Gasteiger partial charge is 0.559 e. The molecule has 5 heteroatoms. The first-order valence-electron chi connectivity index (χ1n) is 4.69. The zero-order valence-corrected chi connectivity index (χ0v) is 9.19. The van der Waals surface area contributed by atoms with Gasteiger partial charge in [0, 0.05) is 17.9 Å². The van der Waals surface area contributed by atoms with Crippen LogP contribution >= 0.6 is 0 Å². The number of rotatable bonds is 1. The molecule has 0 saturated carbocycles. The molecular formula is C9H14BLiO3. The SMILES string of the molecule is CC1O[B-](C)(c2ccco2)OC1C.[Li+]. The van der Waals surface area contributed by atoms with Crippen LogP contribution in [0.1, 0.15) is 13.8 Å². The topological polar surface area (TPSA) is 31.6 Å². The van der Waals surface area contributed by atoms with E-state index in [2.05, 4.69) is 0 Å². The molecule has 0 aromatic carbocycles. The largest absolute Gasteiger partial charge is 1.00 e.